The van der Waals surface area contributed by atoms with E-state index in [1.54, 1.807) is 0 Å². The van der Waals surface area contributed by atoms with Crippen LogP contribution < -0.4 is 10.1 Å². The number of hydrogen-bond acceptors (Lipinski definition) is 9. The fraction of sp³-hybridized carbons (Fsp3) is 0.364. The van der Waals surface area contributed by atoms with Crippen LogP contribution in [0.1, 0.15) is 33.3 Å². The topological polar surface area (TPSA) is 135 Å². The Kier molecular flexibility index (Phi) is 7.73. The summed E-state index contributed by atoms with van der Waals surface area (Å²) < 4.78 is 11.7. The van der Waals surface area contributed by atoms with Crippen molar-refractivity contribution in [3.8, 4) is 28.0 Å². The predicted octanol–water partition coefficient (Wildman–Crippen LogP) is 2.31. The van der Waals surface area contributed by atoms with Gasteiger partial charge < -0.3 is 24.7 Å². The highest BCUT2D eigenvalue weighted by Crippen LogP contribution is 2.34. The molecule has 1 unspecified atom stereocenters. The molecule has 3 rings (SSSR count). The monoisotopic (exact) mass is 459 g/mol. The minimum atomic E-state index is -0.918. The van der Waals surface area contributed by atoms with Crippen LogP contribution in [0.3, 0.4) is 0 Å². The van der Waals surface area contributed by atoms with Crippen LogP contribution in [0, 0.1) is 13.8 Å². The van der Waals surface area contributed by atoms with Gasteiger partial charge in [-0.3, -0.25) is 9.59 Å². The van der Waals surface area contributed by atoms with Gasteiger partial charge in [-0.1, -0.05) is 6.92 Å². The quantitative estimate of drug-likeness (QED) is 0.393. The average molecular weight is 460 g/mol. The van der Waals surface area contributed by atoms with E-state index in [-0.39, 0.29) is 13.2 Å². The molecule has 9 nitrogen and oxygen atoms in total. The Morgan fingerprint density at radius 2 is 2.00 bits per heavy atom. The van der Waals surface area contributed by atoms with Gasteiger partial charge in [0.15, 0.2) is 6.29 Å². The third-order valence-corrected chi connectivity index (χ3v) is 5.93. The first-order valence-corrected chi connectivity index (χ1v) is 10.9. The van der Waals surface area contributed by atoms with Crippen molar-refractivity contribution in [3.63, 3.8) is 0 Å². The lowest BCUT2D eigenvalue weighted by Crippen LogP contribution is -2.36. The number of nitrogens with zero attached hydrogens (tertiary/aromatic N) is 2. The van der Waals surface area contributed by atoms with Crippen molar-refractivity contribution < 1.29 is 29.0 Å². The summed E-state index contributed by atoms with van der Waals surface area (Å²) in [5, 5.41) is 29.4. The van der Waals surface area contributed by atoms with Crippen LogP contribution in [0.5, 0.6) is 5.75 Å². The number of amides is 1. The van der Waals surface area contributed by atoms with Crippen LogP contribution in [0.4, 0.5) is 0 Å². The van der Waals surface area contributed by atoms with Gasteiger partial charge in [0.05, 0.1) is 9.75 Å². The van der Waals surface area contributed by atoms with Gasteiger partial charge in [-0.2, -0.15) is 0 Å². The van der Waals surface area contributed by atoms with Crippen molar-refractivity contribution in [2.75, 3.05) is 19.8 Å². The van der Waals surface area contributed by atoms with Crippen LogP contribution in [0.2, 0.25) is 0 Å². The molecule has 2 aromatic heterocycles. The molecule has 0 aliphatic heterocycles. The lowest BCUT2D eigenvalue weighted by atomic mass is 10.0. The Morgan fingerprint density at radius 1 is 1.25 bits per heavy atom. The van der Waals surface area contributed by atoms with Crippen LogP contribution >= 0.6 is 11.3 Å². The molecule has 1 amide bonds. The summed E-state index contributed by atoms with van der Waals surface area (Å²) in [6.45, 7) is 5.06. The van der Waals surface area contributed by atoms with Crippen LogP contribution in [-0.4, -0.2) is 58.5 Å². The molecule has 0 aliphatic carbocycles. The molecule has 0 aliphatic rings. The van der Waals surface area contributed by atoms with Crippen LogP contribution in [0.25, 0.3) is 22.2 Å². The lowest BCUT2D eigenvalue weighted by molar-refractivity contribution is -0.124. The van der Waals surface area contributed by atoms with Crippen LogP contribution in [0.15, 0.2) is 22.6 Å². The van der Waals surface area contributed by atoms with Crippen molar-refractivity contribution in [3.05, 3.63) is 39.8 Å². The van der Waals surface area contributed by atoms with Gasteiger partial charge >= 0.3 is 0 Å². The number of carbonyl (C=O) groups is 2. The Labute approximate surface area is 189 Å². The first-order chi connectivity index (χ1) is 15.4. The molecule has 0 fully saturated rings. The van der Waals surface area contributed by atoms with Crippen molar-refractivity contribution >= 4 is 23.5 Å². The van der Waals surface area contributed by atoms with E-state index < -0.39 is 18.6 Å². The number of aliphatic hydroxyl groups is 2. The fourth-order valence-corrected chi connectivity index (χ4v) is 4.03. The zero-order valence-corrected chi connectivity index (χ0v) is 18.9. The standard InChI is InChI=1S/C22H25N3O6S/c1-4-14-7-15(5-13(3)20(14)30-11-16(28)8-23-19(29)10-27)21-24-25-22(31-21)17-6-12(2)18(9-26)32-17/h5-7,9,16,27-28H,4,8,10-11H2,1-3H3,(H,23,29). The highest BCUT2D eigenvalue weighted by atomic mass is 32.1. The van der Waals surface area contributed by atoms with E-state index in [4.69, 9.17) is 14.3 Å². The summed E-state index contributed by atoms with van der Waals surface area (Å²) in [6.07, 6.45) is 0.571. The molecule has 10 heteroatoms. The zero-order valence-electron chi connectivity index (χ0n) is 18.0. The highest BCUT2D eigenvalue weighted by molar-refractivity contribution is 7.17. The van der Waals surface area contributed by atoms with E-state index in [0.717, 1.165) is 33.4 Å². The number of aldehydes is 1. The van der Waals surface area contributed by atoms with Crippen molar-refractivity contribution in [2.45, 2.75) is 33.3 Å². The maximum absolute atomic E-state index is 11.1. The minimum Gasteiger partial charge on any atom is -0.490 e. The Hall–Kier alpha value is -3.08. The summed E-state index contributed by atoms with van der Waals surface area (Å²) in [7, 11) is 0. The van der Waals surface area contributed by atoms with E-state index >= 15 is 0 Å². The molecule has 0 saturated carbocycles. The number of thiophene rings is 1. The van der Waals surface area contributed by atoms with Crippen LogP contribution in [-0.2, 0) is 11.2 Å². The average Bonchev–Trinajstić information content (AvgIpc) is 3.42. The van der Waals surface area contributed by atoms with Gasteiger partial charge in [0, 0.05) is 12.1 Å². The van der Waals surface area contributed by atoms with E-state index in [9.17, 15) is 14.7 Å². The number of ether oxygens (including phenoxy) is 1. The van der Waals surface area contributed by atoms with Gasteiger partial charge in [-0.05, 0) is 55.2 Å². The van der Waals surface area contributed by atoms with E-state index in [2.05, 4.69) is 15.5 Å². The molecule has 3 aromatic rings. The predicted molar refractivity (Wildman–Crippen MR) is 119 cm³/mol. The number of benzene rings is 1. The second kappa shape index (κ2) is 10.5. The first kappa shape index (κ1) is 23.6. The SMILES string of the molecule is CCc1cc(-c2nnc(-c3cc(C)c(C=O)s3)o2)cc(C)c1OCC(O)CNC(=O)CO. The summed E-state index contributed by atoms with van der Waals surface area (Å²) in [5.74, 6) is 0.797. The second-order valence-electron chi connectivity index (χ2n) is 7.25. The fourth-order valence-electron chi connectivity index (χ4n) is 3.12. The first-order valence-electron chi connectivity index (χ1n) is 10.1. The Morgan fingerprint density at radius 3 is 2.66 bits per heavy atom. The van der Waals surface area contributed by atoms with E-state index in [0.29, 0.717) is 28.8 Å². The van der Waals surface area contributed by atoms with Gasteiger partial charge in [0.25, 0.3) is 5.89 Å². The Balaban J connectivity index is 1.77. The molecule has 1 aromatic carbocycles. The molecule has 1 atom stereocenters. The molecule has 0 saturated heterocycles. The lowest BCUT2D eigenvalue weighted by Gasteiger charge is -2.17. The van der Waals surface area contributed by atoms with E-state index in [1.165, 1.54) is 11.3 Å². The number of hydrogen-bond donors (Lipinski definition) is 3. The minimum absolute atomic E-state index is 0.0135. The maximum Gasteiger partial charge on any atom is 0.258 e. The van der Waals surface area contributed by atoms with Crippen molar-refractivity contribution in [2.24, 2.45) is 0 Å². The summed E-state index contributed by atoms with van der Waals surface area (Å²) in [5.41, 5.74) is 3.34. The number of aliphatic hydroxyl groups excluding tert-OH is 2. The molecule has 0 bridgehead atoms. The smallest absolute Gasteiger partial charge is 0.258 e. The third-order valence-electron chi connectivity index (χ3n) is 4.78. The number of nitrogens with one attached hydrogen (secondary N) is 1. The molecule has 0 spiro atoms. The Bertz CT molecular complexity index is 1110. The third kappa shape index (κ3) is 5.39. The van der Waals surface area contributed by atoms with E-state index in [1.807, 2.05) is 39.0 Å². The molecule has 3 N–H and O–H groups in total. The molecule has 2 heterocycles. The maximum atomic E-state index is 11.1. The second-order valence-corrected chi connectivity index (χ2v) is 8.33. The molecular weight excluding hydrogens is 434 g/mol. The number of aryl methyl sites for hydroxylation is 3. The number of rotatable bonds is 10. The number of aromatic nitrogens is 2. The van der Waals surface area contributed by atoms with Crippen molar-refractivity contribution in [1.82, 2.24) is 15.5 Å². The molecular formula is C22H25N3O6S. The summed E-state index contributed by atoms with van der Waals surface area (Å²) >= 11 is 1.30. The molecule has 170 valence electrons. The van der Waals surface area contributed by atoms with Gasteiger partial charge in [-0.25, -0.2) is 0 Å². The summed E-state index contributed by atoms with van der Waals surface area (Å²) in [4.78, 5) is 23.6. The normalized spacial score (nSPS) is 11.9. The number of carbonyl (C=O) groups excluding carboxylic acids is 2. The molecule has 32 heavy (non-hydrogen) atoms. The zero-order chi connectivity index (χ0) is 23.3. The molecule has 0 radical (unpaired) electrons. The van der Waals surface area contributed by atoms with Crippen molar-refractivity contribution in [1.29, 1.82) is 0 Å². The largest absolute Gasteiger partial charge is 0.490 e. The van der Waals surface area contributed by atoms with Gasteiger partial charge in [0.1, 0.15) is 25.1 Å². The van der Waals surface area contributed by atoms with Gasteiger partial charge in [-0.15, -0.1) is 21.5 Å². The highest BCUT2D eigenvalue weighted by Gasteiger charge is 2.18. The van der Waals surface area contributed by atoms with Gasteiger partial charge in [0.2, 0.25) is 11.8 Å². The summed E-state index contributed by atoms with van der Waals surface area (Å²) in [6, 6.07) is 5.61.